The third-order valence-electron chi connectivity index (χ3n) is 5.41. The Kier molecular flexibility index (Phi) is 3.83. The summed E-state index contributed by atoms with van der Waals surface area (Å²) in [6.45, 7) is 6.71. The van der Waals surface area contributed by atoms with Gasteiger partial charge < -0.3 is 9.47 Å². The zero-order valence-electron chi connectivity index (χ0n) is 13.1. The number of carbonyl (C=O) groups excluding carboxylic acids is 1. The molecule has 3 nitrogen and oxygen atoms in total. The quantitative estimate of drug-likeness (QED) is 0.568. The summed E-state index contributed by atoms with van der Waals surface area (Å²) >= 11 is 0. The van der Waals surface area contributed by atoms with Crippen molar-refractivity contribution in [2.45, 2.75) is 65.6 Å². The summed E-state index contributed by atoms with van der Waals surface area (Å²) in [6, 6.07) is 0. The van der Waals surface area contributed by atoms with Crippen molar-refractivity contribution in [3.8, 4) is 0 Å². The van der Waals surface area contributed by atoms with E-state index in [-0.39, 0.29) is 11.4 Å². The normalized spacial score (nSPS) is 40.1. The minimum absolute atomic E-state index is 0.0212. The van der Waals surface area contributed by atoms with Gasteiger partial charge in [0.15, 0.2) is 6.29 Å². The highest BCUT2D eigenvalue weighted by molar-refractivity contribution is 5.77. The lowest BCUT2D eigenvalue weighted by molar-refractivity contribution is -0.200. The fourth-order valence-corrected chi connectivity index (χ4v) is 5.00. The second-order valence-corrected chi connectivity index (χ2v) is 7.90. The molecule has 1 unspecified atom stereocenters. The Morgan fingerprint density at radius 1 is 1.05 bits per heavy atom. The average molecular weight is 280 g/mol. The van der Waals surface area contributed by atoms with Gasteiger partial charge in [-0.15, -0.1) is 0 Å². The molecular weight excluding hydrogens is 252 g/mol. The maximum atomic E-state index is 12.6. The van der Waals surface area contributed by atoms with Crippen LogP contribution >= 0.6 is 0 Å². The van der Waals surface area contributed by atoms with Gasteiger partial charge >= 0.3 is 5.97 Å². The predicted octanol–water partition coefficient (Wildman–Crippen LogP) is 3.76. The molecule has 20 heavy (non-hydrogen) atoms. The van der Waals surface area contributed by atoms with Gasteiger partial charge in [0.05, 0.1) is 12.0 Å². The Bertz CT molecular complexity index is 339. The van der Waals surface area contributed by atoms with Gasteiger partial charge in [-0.05, 0) is 69.1 Å². The van der Waals surface area contributed by atoms with Gasteiger partial charge in [0.25, 0.3) is 0 Å². The first kappa shape index (κ1) is 14.4. The first-order valence-corrected chi connectivity index (χ1v) is 8.29. The number of carbonyl (C=O) groups is 1. The lowest BCUT2D eigenvalue weighted by Crippen LogP contribution is -2.51. The van der Waals surface area contributed by atoms with Crippen molar-refractivity contribution in [2.24, 2.45) is 29.1 Å². The Morgan fingerprint density at radius 2 is 1.55 bits per heavy atom. The molecule has 4 aliphatic rings. The molecular formula is C17H28O3. The highest BCUT2D eigenvalue weighted by atomic mass is 16.7. The number of esters is 1. The predicted molar refractivity (Wildman–Crippen MR) is 76.9 cm³/mol. The topological polar surface area (TPSA) is 35.5 Å². The average Bonchev–Trinajstić information content (AvgIpc) is 2.34. The number of hydrogen-bond donors (Lipinski definition) is 0. The van der Waals surface area contributed by atoms with E-state index in [2.05, 4.69) is 13.8 Å². The largest absolute Gasteiger partial charge is 0.436 e. The van der Waals surface area contributed by atoms with Crippen molar-refractivity contribution < 1.29 is 14.3 Å². The molecule has 4 aliphatic carbocycles. The Morgan fingerprint density at radius 3 is 2.00 bits per heavy atom. The summed E-state index contributed by atoms with van der Waals surface area (Å²) in [5, 5.41) is 0. The van der Waals surface area contributed by atoms with E-state index in [1.54, 1.807) is 0 Å². The number of rotatable bonds is 5. The highest BCUT2D eigenvalue weighted by Crippen LogP contribution is 2.60. The first-order chi connectivity index (χ1) is 9.47. The van der Waals surface area contributed by atoms with Gasteiger partial charge in [-0.1, -0.05) is 13.8 Å². The van der Waals surface area contributed by atoms with Gasteiger partial charge in [0, 0.05) is 0 Å². The van der Waals surface area contributed by atoms with E-state index in [9.17, 15) is 4.79 Å². The van der Waals surface area contributed by atoms with Crippen LogP contribution < -0.4 is 0 Å². The summed E-state index contributed by atoms with van der Waals surface area (Å²) in [5.41, 5.74) is -0.162. The molecule has 0 N–H and O–H groups in total. The third-order valence-corrected chi connectivity index (χ3v) is 5.41. The van der Waals surface area contributed by atoms with Crippen LogP contribution in [0.25, 0.3) is 0 Å². The molecule has 0 aliphatic heterocycles. The Hall–Kier alpha value is -0.570. The molecule has 4 rings (SSSR count). The minimum atomic E-state index is -0.405. The van der Waals surface area contributed by atoms with Crippen LogP contribution in [0.1, 0.15) is 59.3 Å². The molecule has 0 amide bonds. The van der Waals surface area contributed by atoms with Crippen molar-refractivity contribution in [2.75, 3.05) is 6.61 Å². The molecule has 1 atom stereocenters. The third kappa shape index (κ3) is 2.74. The number of ether oxygens (including phenoxy) is 2. The van der Waals surface area contributed by atoms with Crippen molar-refractivity contribution in [3.05, 3.63) is 0 Å². The first-order valence-electron chi connectivity index (χ1n) is 8.29. The smallest absolute Gasteiger partial charge is 0.314 e. The van der Waals surface area contributed by atoms with Crippen LogP contribution in [0.4, 0.5) is 0 Å². The molecule has 3 heteroatoms. The van der Waals surface area contributed by atoms with Crippen LogP contribution in [-0.4, -0.2) is 18.9 Å². The van der Waals surface area contributed by atoms with Gasteiger partial charge in [0.1, 0.15) is 0 Å². The maximum Gasteiger partial charge on any atom is 0.314 e. The van der Waals surface area contributed by atoms with E-state index >= 15 is 0 Å². The Labute approximate surface area is 122 Å². The van der Waals surface area contributed by atoms with E-state index in [1.165, 1.54) is 19.3 Å². The molecule has 114 valence electrons. The van der Waals surface area contributed by atoms with Crippen molar-refractivity contribution in [3.63, 3.8) is 0 Å². The maximum absolute atomic E-state index is 12.6. The van der Waals surface area contributed by atoms with Crippen LogP contribution in [0.5, 0.6) is 0 Å². The van der Waals surface area contributed by atoms with E-state index in [0.29, 0.717) is 12.5 Å². The monoisotopic (exact) mass is 280 g/mol. The van der Waals surface area contributed by atoms with Gasteiger partial charge in [-0.25, -0.2) is 0 Å². The lowest BCUT2D eigenvalue weighted by Gasteiger charge is -2.55. The molecule has 4 fully saturated rings. The van der Waals surface area contributed by atoms with E-state index in [1.807, 2.05) is 6.92 Å². The summed E-state index contributed by atoms with van der Waals surface area (Å²) in [4.78, 5) is 12.6. The van der Waals surface area contributed by atoms with Crippen LogP contribution in [0.15, 0.2) is 0 Å². The molecule has 4 bridgehead atoms. The molecule has 0 heterocycles. The lowest BCUT2D eigenvalue weighted by atomic mass is 9.49. The standard InChI is InChI=1S/C17H28O3/c1-11(2)10-19-12(3)20-16(18)17-7-13-4-14(8-17)6-15(5-13)9-17/h11-15H,4-10H2,1-3H3. The van der Waals surface area contributed by atoms with E-state index in [0.717, 1.165) is 37.0 Å². The summed E-state index contributed by atoms with van der Waals surface area (Å²) in [6.07, 6.45) is 6.85. The van der Waals surface area contributed by atoms with Gasteiger partial charge in [0.2, 0.25) is 0 Å². The second kappa shape index (κ2) is 5.32. The summed E-state index contributed by atoms with van der Waals surface area (Å²) in [5.74, 6) is 2.82. The second-order valence-electron chi connectivity index (χ2n) is 7.90. The molecule has 4 saturated carbocycles. The van der Waals surface area contributed by atoms with Gasteiger partial charge in [-0.2, -0.15) is 0 Å². The zero-order valence-corrected chi connectivity index (χ0v) is 13.1. The molecule has 0 saturated heterocycles. The van der Waals surface area contributed by atoms with Crippen LogP contribution in [0.2, 0.25) is 0 Å². The molecule has 0 aromatic heterocycles. The number of hydrogen-bond acceptors (Lipinski definition) is 3. The zero-order chi connectivity index (χ0) is 14.3. The van der Waals surface area contributed by atoms with E-state index < -0.39 is 6.29 Å². The molecule has 0 aromatic carbocycles. The molecule has 0 spiro atoms. The SMILES string of the molecule is CC(C)COC(C)OC(=O)C12CC3CC(CC(C3)C1)C2. The minimum Gasteiger partial charge on any atom is -0.436 e. The fourth-order valence-electron chi connectivity index (χ4n) is 5.00. The summed E-state index contributed by atoms with van der Waals surface area (Å²) in [7, 11) is 0. The van der Waals surface area contributed by atoms with Crippen LogP contribution in [-0.2, 0) is 14.3 Å². The summed E-state index contributed by atoms with van der Waals surface area (Å²) < 4.78 is 11.2. The van der Waals surface area contributed by atoms with Crippen molar-refractivity contribution in [1.82, 2.24) is 0 Å². The van der Waals surface area contributed by atoms with Crippen LogP contribution in [0.3, 0.4) is 0 Å². The van der Waals surface area contributed by atoms with Gasteiger partial charge in [-0.3, -0.25) is 4.79 Å². The van der Waals surface area contributed by atoms with E-state index in [4.69, 9.17) is 9.47 Å². The highest BCUT2D eigenvalue weighted by Gasteiger charge is 2.55. The Balaban J connectivity index is 1.59. The molecule has 0 radical (unpaired) electrons. The fraction of sp³-hybridized carbons (Fsp3) is 0.941. The molecule has 0 aromatic rings. The van der Waals surface area contributed by atoms with Crippen molar-refractivity contribution >= 4 is 5.97 Å². The van der Waals surface area contributed by atoms with Crippen molar-refractivity contribution in [1.29, 1.82) is 0 Å². The van der Waals surface area contributed by atoms with Crippen LogP contribution in [0, 0.1) is 29.1 Å².